The van der Waals surface area contributed by atoms with Gasteiger partial charge in [-0.05, 0) is 69.7 Å². The number of hydrogen-bond acceptors (Lipinski definition) is 5. The van der Waals surface area contributed by atoms with Crippen molar-refractivity contribution in [1.82, 2.24) is 15.6 Å². The molecule has 0 bridgehead atoms. The van der Waals surface area contributed by atoms with Crippen LogP contribution in [-0.2, 0) is 6.18 Å². The van der Waals surface area contributed by atoms with Crippen molar-refractivity contribution in [3.63, 3.8) is 0 Å². The van der Waals surface area contributed by atoms with Crippen LogP contribution >= 0.6 is 0 Å². The summed E-state index contributed by atoms with van der Waals surface area (Å²) in [7, 11) is 0. The van der Waals surface area contributed by atoms with E-state index in [-0.39, 0.29) is 17.0 Å². The molecule has 3 rings (SSSR count). The number of allylic oxidation sites excluding steroid dienone is 3. The van der Waals surface area contributed by atoms with Crippen LogP contribution in [0.1, 0.15) is 62.6 Å². The normalized spacial score (nSPS) is 23.1. The molecule has 1 fully saturated rings. The summed E-state index contributed by atoms with van der Waals surface area (Å²) in [6, 6.07) is 3.38. The van der Waals surface area contributed by atoms with Gasteiger partial charge in [-0.3, -0.25) is 4.79 Å². The largest absolute Gasteiger partial charge is 0.433 e. The molecule has 0 saturated heterocycles. The summed E-state index contributed by atoms with van der Waals surface area (Å²) in [6.45, 7) is 5.24. The van der Waals surface area contributed by atoms with Crippen molar-refractivity contribution < 1.29 is 23.1 Å². The third-order valence-electron chi connectivity index (χ3n) is 5.86. The van der Waals surface area contributed by atoms with E-state index in [0.29, 0.717) is 17.5 Å². The number of amides is 1. The fourth-order valence-electron chi connectivity index (χ4n) is 3.89. The van der Waals surface area contributed by atoms with Crippen molar-refractivity contribution >= 4 is 11.6 Å². The van der Waals surface area contributed by atoms with Gasteiger partial charge in [-0.25, -0.2) is 4.98 Å². The first-order valence-electron chi connectivity index (χ1n) is 10.9. The summed E-state index contributed by atoms with van der Waals surface area (Å²) >= 11 is 0. The molecule has 0 atom stereocenters. The summed E-state index contributed by atoms with van der Waals surface area (Å²) in [6.07, 6.45) is 4.34. The molecular formula is C24H29F3N4O2. The average molecular weight is 463 g/mol. The van der Waals surface area contributed by atoms with E-state index in [1.165, 1.54) is 26.0 Å². The van der Waals surface area contributed by atoms with Gasteiger partial charge in [0, 0.05) is 29.1 Å². The van der Waals surface area contributed by atoms with Gasteiger partial charge in [-0.15, -0.1) is 0 Å². The Balaban J connectivity index is 1.85. The molecule has 1 heterocycles. The molecule has 1 amide bonds. The van der Waals surface area contributed by atoms with Crippen molar-refractivity contribution in [3.8, 4) is 0 Å². The Hall–Kier alpha value is -2.94. The van der Waals surface area contributed by atoms with Crippen molar-refractivity contribution in [2.24, 2.45) is 5.92 Å². The molecule has 1 aromatic rings. The maximum atomic E-state index is 13.0. The van der Waals surface area contributed by atoms with Gasteiger partial charge in [-0.1, -0.05) is 13.0 Å². The third kappa shape index (κ3) is 6.31. The van der Waals surface area contributed by atoms with Crippen LogP contribution in [0.15, 0.2) is 53.4 Å². The van der Waals surface area contributed by atoms with Crippen LogP contribution in [0.5, 0.6) is 0 Å². The quantitative estimate of drug-likeness (QED) is 0.518. The molecular weight excluding hydrogens is 433 g/mol. The Morgan fingerprint density at radius 2 is 1.85 bits per heavy atom. The number of aromatic nitrogens is 1. The molecule has 0 aromatic carbocycles. The number of alkyl halides is 3. The van der Waals surface area contributed by atoms with Crippen LogP contribution in [0, 0.1) is 11.3 Å². The summed E-state index contributed by atoms with van der Waals surface area (Å²) in [5.41, 5.74) is -1.84. The molecule has 0 spiro atoms. The Morgan fingerprint density at radius 1 is 1.18 bits per heavy atom. The highest BCUT2D eigenvalue weighted by Crippen LogP contribution is 2.30. The Labute approximate surface area is 191 Å². The Bertz CT molecular complexity index is 1010. The lowest BCUT2D eigenvalue weighted by Crippen LogP contribution is -2.35. The molecule has 2 aliphatic rings. The first-order valence-corrected chi connectivity index (χ1v) is 10.9. The molecule has 6 nitrogen and oxygen atoms in total. The lowest BCUT2D eigenvalue weighted by atomic mass is 9.86. The minimum atomic E-state index is -4.67. The van der Waals surface area contributed by atoms with Gasteiger partial charge >= 0.3 is 6.18 Å². The predicted octanol–water partition coefficient (Wildman–Crippen LogP) is 4.50. The molecule has 2 aliphatic carbocycles. The van der Waals surface area contributed by atoms with Crippen LogP contribution in [0.2, 0.25) is 0 Å². The molecule has 0 radical (unpaired) electrons. The van der Waals surface area contributed by atoms with Crippen LogP contribution in [0.4, 0.5) is 13.2 Å². The first kappa shape index (κ1) is 24.7. The van der Waals surface area contributed by atoms with Crippen LogP contribution in [0.3, 0.4) is 0 Å². The molecule has 33 heavy (non-hydrogen) atoms. The summed E-state index contributed by atoms with van der Waals surface area (Å²) < 4.78 is 38.9. The number of carbonyl (C=O) groups excluding carboxylic acids is 1. The third-order valence-corrected chi connectivity index (χ3v) is 5.86. The Kier molecular flexibility index (Phi) is 7.11. The second-order valence-electron chi connectivity index (χ2n) is 9.17. The smallest absolute Gasteiger partial charge is 0.388 e. The SMILES string of the molecule is CC1CCC(N/C=C2/C=C(NC(=O)c3cccc(C(F)(F)F)n3)C(C(C)(C)O)=CC2=N)CC1. The fourth-order valence-corrected chi connectivity index (χ4v) is 3.89. The second kappa shape index (κ2) is 9.51. The number of hydrogen-bond donors (Lipinski definition) is 4. The van der Waals surface area contributed by atoms with E-state index in [2.05, 4.69) is 22.5 Å². The maximum Gasteiger partial charge on any atom is 0.433 e. The van der Waals surface area contributed by atoms with Crippen molar-refractivity contribution in [3.05, 3.63) is 64.8 Å². The van der Waals surface area contributed by atoms with Gasteiger partial charge in [0.25, 0.3) is 5.91 Å². The number of nitrogens with zero attached hydrogens (tertiary/aromatic N) is 1. The number of aliphatic hydroxyl groups is 1. The maximum absolute atomic E-state index is 13.0. The van der Waals surface area contributed by atoms with E-state index in [1.54, 1.807) is 12.3 Å². The number of rotatable bonds is 5. The minimum Gasteiger partial charge on any atom is -0.388 e. The van der Waals surface area contributed by atoms with Gasteiger partial charge < -0.3 is 21.1 Å². The van der Waals surface area contributed by atoms with Gasteiger partial charge in [0.15, 0.2) is 0 Å². The minimum absolute atomic E-state index is 0.152. The lowest BCUT2D eigenvalue weighted by Gasteiger charge is -2.29. The zero-order chi connectivity index (χ0) is 24.4. The van der Waals surface area contributed by atoms with E-state index >= 15 is 0 Å². The van der Waals surface area contributed by atoms with Crippen LogP contribution in [0.25, 0.3) is 0 Å². The lowest BCUT2D eigenvalue weighted by molar-refractivity contribution is -0.141. The van der Waals surface area contributed by atoms with Crippen molar-refractivity contribution in [1.29, 1.82) is 5.41 Å². The van der Waals surface area contributed by atoms with E-state index in [9.17, 15) is 23.1 Å². The zero-order valence-corrected chi connectivity index (χ0v) is 18.9. The van der Waals surface area contributed by atoms with Gasteiger partial charge in [0.2, 0.25) is 0 Å². The number of pyridine rings is 1. The van der Waals surface area contributed by atoms with E-state index in [0.717, 1.165) is 37.8 Å². The summed E-state index contributed by atoms with van der Waals surface area (Å²) in [5, 5.41) is 24.8. The molecule has 1 aromatic heterocycles. The number of carbonyl (C=O) groups is 1. The van der Waals surface area contributed by atoms with E-state index in [1.807, 2.05) is 0 Å². The van der Waals surface area contributed by atoms with Crippen LogP contribution in [-0.4, -0.2) is 33.4 Å². The highest BCUT2D eigenvalue weighted by atomic mass is 19.4. The van der Waals surface area contributed by atoms with Gasteiger partial charge in [0.1, 0.15) is 11.4 Å². The molecule has 9 heteroatoms. The topological polar surface area (TPSA) is 98.1 Å². The average Bonchev–Trinajstić information content (AvgIpc) is 2.73. The van der Waals surface area contributed by atoms with Crippen molar-refractivity contribution in [2.45, 2.75) is 64.3 Å². The highest BCUT2D eigenvalue weighted by Gasteiger charge is 2.33. The molecule has 178 valence electrons. The standard InChI is InChI=1S/C24H29F3N4O2/c1-14-7-9-16(10-8-14)29-13-15-11-20(17(12-18(15)28)23(2,3)33)31-22(32)19-5-4-6-21(30-19)24(25,26)27/h4-6,11-14,16,28-29,33H,7-10H2,1-3H3,(H,31,32)/b15-13-,28-18?. The highest BCUT2D eigenvalue weighted by molar-refractivity contribution is 6.11. The monoisotopic (exact) mass is 462 g/mol. The first-order chi connectivity index (χ1) is 15.3. The summed E-state index contributed by atoms with van der Waals surface area (Å²) in [5.74, 6) is -0.142. The number of halogens is 3. The van der Waals surface area contributed by atoms with E-state index in [4.69, 9.17) is 5.41 Å². The molecule has 1 saturated carbocycles. The summed E-state index contributed by atoms with van der Waals surface area (Å²) in [4.78, 5) is 16.1. The van der Waals surface area contributed by atoms with Gasteiger partial charge in [0.05, 0.1) is 11.3 Å². The molecule has 0 unspecified atom stereocenters. The molecule has 4 N–H and O–H groups in total. The second-order valence-corrected chi connectivity index (χ2v) is 9.17. The number of nitrogens with one attached hydrogen (secondary N) is 3. The van der Waals surface area contributed by atoms with Crippen LogP contribution < -0.4 is 10.6 Å². The van der Waals surface area contributed by atoms with E-state index < -0.39 is 29.1 Å². The zero-order valence-electron chi connectivity index (χ0n) is 18.9. The predicted molar refractivity (Wildman–Crippen MR) is 120 cm³/mol. The molecule has 0 aliphatic heterocycles. The van der Waals surface area contributed by atoms with Gasteiger partial charge in [-0.2, -0.15) is 13.2 Å². The van der Waals surface area contributed by atoms with Crippen molar-refractivity contribution in [2.75, 3.05) is 0 Å². The Morgan fingerprint density at radius 3 is 2.45 bits per heavy atom. The fraction of sp³-hybridized carbons (Fsp3) is 0.458.